The number of halogens is 3. The third-order valence-electron chi connectivity index (χ3n) is 4.54. The minimum absolute atomic E-state index is 0.0524. The molecular weight excluding hydrogens is 379 g/mol. The van der Waals surface area contributed by atoms with Crippen LogP contribution in [0.15, 0.2) is 67.1 Å². The van der Waals surface area contributed by atoms with Crippen LogP contribution >= 0.6 is 0 Å². The Bertz CT molecular complexity index is 1120. The van der Waals surface area contributed by atoms with E-state index in [0.29, 0.717) is 12.4 Å². The van der Waals surface area contributed by atoms with E-state index in [1.165, 1.54) is 29.4 Å². The second kappa shape index (κ2) is 7.83. The van der Waals surface area contributed by atoms with Gasteiger partial charge in [-0.2, -0.15) is 13.2 Å². The predicted octanol–water partition coefficient (Wildman–Crippen LogP) is 5.37. The topological polar surface area (TPSA) is 65.6 Å². The van der Waals surface area contributed by atoms with Gasteiger partial charge < -0.3 is 15.6 Å². The molecule has 0 fully saturated rings. The van der Waals surface area contributed by atoms with E-state index in [2.05, 4.69) is 31.7 Å². The van der Waals surface area contributed by atoms with Crippen molar-refractivity contribution in [3.05, 3.63) is 78.2 Å². The zero-order chi connectivity index (χ0) is 20.3. The van der Waals surface area contributed by atoms with E-state index >= 15 is 0 Å². The summed E-state index contributed by atoms with van der Waals surface area (Å²) in [6.07, 6.45) is -0.384. The molecule has 0 saturated carbocycles. The van der Waals surface area contributed by atoms with E-state index in [1.807, 2.05) is 24.4 Å². The van der Waals surface area contributed by atoms with Gasteiger partial charge >= 0.3 is 6.18 Å². The highest BCUT2D eigenvalue weighted by Gasteiger charge is 2.33. The van der Waals surface area contributed by atoms with Crippen LogP contribution in [0.3, 0.4) is 0 Å². The third kappa shape index (κ3) is 4.31. The Morgan fingerprint density at radius 3 is 2.55 bits per heavy atom. The predicted molar refractivity (Wildman–Crippen MR) is 107 cm³/mol. The first-order valence-corrected chi connectivity index (χ1v) is 9.05. The molecule has 0 aliphatic carbocycles. The lowest BCUT2D eigenvalue weighted by Gasteiger charge is -2.14. The minimum atomic E-state index is -4.45. The van der Waals surface area contributed by atoms with Crippen molar-refractivity contribution in [1.82, 2.24) is 15.0 Å². The fourth-order valence-electron chi connectivity index (χ4n) is 3.16. The van der Waals surface area contributed by atoms with Crippen LogP contribution < -0.4 is 10.6 Å². The Labute approximate surface area is 165 Å². The number of hydrogen-bond acceptors (Lipinski definition) is 4. The van der Waals surface area contributed by atoms with Crippen LogP contribution in [0.25, 0.3) is 10.9 Å². The van der Waals surface area contributed by atoms with Gasteiger partial charge in [-0.15, -0.1) is 0 Å². The Hall–Kier alpha value is -3.55. The molecule has 2 aromatic carbocycles. The number of fused-ring (bicyclic) bond motifs is 1. The summed E-state index contributed by atoms with van der Waals surface area (Å²) in [7, 11) is 0. The van der Waals surface area contributed by atoms with Gasteiger partial charge in [-0.1, -0.05) is 30.3 Å². The number of benzene rings is 2. The van der Waals surface area contributed by atoms with Gasteiger partial charge in [0.25, 0.3) is 0 Å². The van der Waals surface area contributed by atoms with Crippen LogP contribution in [-0.2, 0) is 12.6 Å². The van der Waals surface area contributed by atoms with Gasteiger partial charge in [0.1, 0.15) is 18.0 Å². The van der Waals surface area contributed by atoms with Crippen molar-refractivity contribution in [2.75, 3.05) is 17.2 Å². The van der Waals surface area contributed by atoms with Crippen molar-refractivity contribution in [1.29, 1.82) is 0 Å². The summed E-state index contributed by atoms with van der Waals surface area (Å²) < 4.78 is 39.5. The van der Waals surface area contributed by atoms with Crippen molar-refractivity contribution < 1.29 is 13.2 Å². The van der Waals surface area contributed by atoms with Gasteiger partial charge in [0.2, 0.25) is 0 Å². The molecule has 0 unspecified atom stereocenters. The maximum absolute atomic E-state index is 13.2. The van der Waals surface area contributed by atoms with Gasteiger partial charge in [0, 0.05) is 29.7 Å². The smallest absolute Gasteiger partial charge is 0.370 e. The number of alkyl halides is 3. The number of nitrogens with zero attached hydrogens (tertiary/aromatic N) is 2. The molecule has 0 aliphatic rings. The highest BCUT2D eigenvalue weighted by molar-refractivity contribution is 5.83. The molecule has 8 heteroatoms. The normalized spacial score (nSPS) is 11.6. The van der Waals surface area contributed by atoms with Crippen molar-refractivity contribution >= 4 is 28.2 Å². The number of aromatic amines is 1. The van der Waals surface area contributed by atoms with E-state index < -0.39 is 11.7 Å². The molecule has 0 radical (unpaired) electrons. The molecule has 0 spiro atoms. The molecule has 0 aliphatic heterocycles. The lowest BCUT2D eigenvalue weighted by molar-refractivity contribution is -0.136. The lowest BCUT2D eigenvalue weighted by Crippen LogP contribution is -2.10. The van der Waals surface area contributed by atoms with Gasteiger partial charge in [-0.3, -0.25) is 0 Å². The van der Waals surface area contributed by atoms with E-state index in [0.717, 1.165) is 18.0 Å². The van der Waals surface area contributed by atoms with Crippen molar-refractivity contribution in [3.63, 3.8) is 0 Å². The molecule has 4 aromatic rings. The number of H-pyrrole nitrogens is 1. The van der Waals surface area contributed by atoms with Crippen LogP contribution in [-0.4, -0.2) is 21.5 Å². The number of anilines is 3. The zero-order valence-corrected chi connectivity index (χ0v) is 15.3. The molecule has 2 heterocycles. The molecule has 0 atom stereocenters. The molecule has 2 aromatic heterocycles. The summed E-state index contributed by atoms with van der Waals surface area (Å²) in [6, 6.07) is 14.9. The van der Waals surface area contributed by atoms with Crippen LogP contribution in [0, 0.1) is 0 Å². The number of hydrogen-bond donors (Lipinski definition) is 3. The van der Waals surface area contributed by atoms with Gasteiger partial charge in [-0.05, 0) is 30.2 Å². The van der Waals surface area contributed by atoms with Gasteiger partial charge in [-0.25, -0.2) is 9.97 Å². The molecule has 3 N–H and O–H groups in total. The average molecular weight is 397 g/mol. The van der Waals surface area contributed by atoms with E-state index in [1.54, 1.807) is 12.1 Å². The minimum Gasteiger partial charge on any atom is -0.370 e. The average Bonchev–Trinajstić information content (AvgIpc) is 3.11. The number of rotatable bonds is 6. The fourth-order valence-corrected chi connectivity index (χ4v) is 3.16. The molecular formula is C21H18F3N5. The number of para-hydroxylation sites is 2. The zero-order valence-electron chi connectivity index (χ0n) is 15.3. The summed E-state index contributed by atoms with van der Waals surface area (Å²) in [5.41, 5.74) is 1.47. The summed E-state index contributed by atoms with van der Waals surface area (Å²) >= 11 is 0. The van der Waals surface area contributed by atoms with E-state index in [-0.39, 0.29) is 11.5 Å². The monoisotopic (exact) mass is 397 g/mol. The first-order valence-electron chi connectivity index (χ1n) is 9.05. The SMILES string of the molecule is FC(F)(F)c1ccccc1Nc1cc(NCCc2c[nH]c3ccccc23)ncn1. The summed E-state index contributed by atoms with van der Waals surface area (Å²) in [6.45, 7) is 0.622. The maximum Gasteiger partial charge on any atom is 0.418 e. The Kier molecular flexibility index (Phi) is 5.07. The lowest BCUT2D eigenvalue weighted by atomic mass is 10.1. The molecule has 0 saturated heterocycles. The van der Waals surface area contributed by atoms with Crippen LogP contribution in [0.1, 0.15) is 11.1 Å². The highest BCUT2D eigenvalue weighted by atomic mass is 19.4. The summed E-state index contributed by atoms with van der Waals surface area (Å²) in [4.78, 5) is 11.4. The fraction of sp³-hybridized carbons (Fsp3) is 0.143. The second-order valence-corrected chi connectivity index (χ2v) is 6.49. The van der Waals surface area contributed by atoms with Crippen LogP contribution in [0.5, 0.6) is 0 Å². The number of nitrogens with one attached hydrogen (secondary N) is 3. The molecule has 0 bridgehead atoms. The highest BCUT2D eigenvalue weighted by Crippen LogP contribution is 2.35. The van der Waals surface area contributed by atoms with Crippen LogP contribution in [0.2, 0.25) is 0 Å². The Morgan fingerprint density at radius 1 is 0.931 bits per heavy atom. The molecule has 0 amide bonds. The molecule has 5 nitrogen and oxygen atoms in total. The first kappa shape index (κ1) is 18.8. The van der Waals surface area contributed by atoms with Crippen molar-refractivity contribution in [2.24, 2.45) is 0 Å². The van der Waals surface area contributed by atoms with Gasteiger partial charge in [0.05, 0.1) is 11.3 Å². The molecule has 4 rings (SSSR count). The van der Waals surface area contributed by atoms with E-state index in [9.17, 15) is 13.2 Å². The maximum atomic E-state index is 13.2. The van der Waals surface area contributed by atoms with Crippen molar-refractivity contribution in [2.45, 2.75) is 12.6 Å². The quantitative estimate of drug-likeness (QED) is 0.409. The van der Waals surface area contributed by atoms with Crippen molar-refractivity contribution in [3.8, 4) is 0 Å². The summed E-state index contributed by atoms with van der Waals surface area (Å²) in [5, 5.41) is 7.09. The number of aromatic nitrogens is 3. The standard InChI is InChI=1S/C21H18F3N5/c22-21(23,24)16-6-2-4-8-18(16)29-20-11-19(27-13-28-20)25-10-9-14-12-26-17-7-3-1-5-15(14)17/h1-8,11-13,26H,9-10H2,(H2,25,27,28,29). The van der Waals surface area contributed by atoms with Gasteiger partial charge in [0.15, 0.2) is 0 Å². The van der Waals surface area contributed by atoms with E-state index in [4.69, 9.17) is 0 Å². The third-order valence-corrected chi connectivity index (χ3v) is 4.54. The Morgan fingerprint density at radius 2 is 1.69 bits per heavy atom. The molecule has 29 heavy (non-hydrogen) atoms. The van der Waals surface area contributed by atoms with Crippen LogP contribution in [0.4, 0.5) is 30.5 Å². The molecule has 148 valence electrons. The first-order chi connectivity index (χ1) is 14.0. The summed E-state index contributed by atoms with van der Waals surface area (Å²) in [5.74, 6) is 0.818. The second-order valence-electron chi connectivity index (χ2n) is 6.49. The Balaban J connectivity index is 1.43. The largest absolute Gasteiger partial charge is 0.418 e.